The van der Waals surface area contributed by atoms with E-state index in [0.717, 1.165) is 27.8 Å². The van der Waals surface area contributed by atoms with Gasteiger partial charge in [0.2, 0.25) is 0 Å². The Labute approximate surface area is 104 Å². The van der Waals surface area contributed by atoms with E-state index in [4.69, 9.17) is 28.9 Å². The minimum absolute atomic E-state index is 0.362. The molecule has 2 N–H and O–H groups in total. The lowest BCUT2D eigenvalue weighted by Crippen LogP contribution is -2.15. The lowest BCUT2D eigenvalue weighted by atomic mass is 10.3. The van der Waals surface area contributed by atoms with Crippen molar-refractivity contribution in [1.82, 2.24) is 0 Å². The lowest BCUT2D eigenvalue weighted by Gasteiger charge is -2.10. The lowest BCUT2D eigenvalue weighted by molar-refractivity contribution is 0.706. The molecule has 0 heterocycles. The van der Waals surface area contributed by atoms with Crippen LogP contribution in [0.3, 0.4) is 0 Å². The first kappa shape index (κ1) is 11.6. The minimum Gasteiger partial charge on any atom is -0.328 e. The maximum absolute atomic E-state index is 6.10. The van der Waals surface area contributed by atoms with Crippen molar-refractivity contribution in [3.8, 4) is 0 Å². The molecule has 1 aromatic rings. The van der Waals surface area contributed by atoms with Gasteiger partial charge in [0.25, 0.3) is 0 Å². The van der Waals surface area contributed by atoms with E-state index in [9.17, 15) is 0 Å². The second-order valence-electron chi connectivity index (χ2n) is 3.89. The molecular formula is C11H13Cl2NS. The van der Waals surface area contributed by atoms with Crippen LogP contribution in [0.2, 0.25) is 10.0 Å². The van der Waals surface area contributed by atoms with Gasteiger partial charge in [-0.05, 0) is 37.5 Å². The Balaban J connectivity index is 2.07. The van der Waals surface area contributed by atoms with Crippen molar-refractivity contribution in [2.75, 3.05) is 0 Å². The van der Waals surface area contributed by atoms with Crippen molar-refractivity contribution >= 4 is 35.0 Å². The van der Waals surface area contributed by atoms with Gasteiger partial charge in [0, 0.05) is 21.2 Å². The molecule has 0 bridgehead atoms. The van der Waals surface area contributed by atoms with Crippen LogP contribution in [0, 0.1) is 0 Å². The summed E-state index contributed by atoms with van der Waals surface area (Å²) in [7, 11) is 0. The van der Waals surface area contributed by atoms with E-state index in [0.29, 0.717) is 11.3 Å². The molecule has 0 aromatic heterocycles. The highest BCUT2D eigenvalue weighted by Crippen LogP contribution is 2.38. The Morgan fingerprint density at radius 3 is 2.73 bits per heavy atom. The van der Waals surface area contributed by atoms with E-state index in [-0.39, 0.29) is 0 Å². The quantitative estimate of drug-likeness (QED) is 0.872. The van der Waals surface area contributed by atoms with Crippen molar-refractivity contribution in [2.45, 2.75) is 35.4 Å². The Morgan fingerprint density at radius 1 is 1.27 bits per heavy atom. The molecule has 2 unspecified atom stereocenters. The van der Waals surface area contributed by atoms with Gasteiger partial charge >= 0.3 is 0 Å². The summed E-state index contributed by atoms with van der Waals surface area (Å²) in [5.74, 6) is 0. The molecule has 0 aliphatic heterocycles. The van der Waals surface area contributed by atoms with Gasteiger partial charge in [-0.1, -0.05) is 23.2 Å². The van der Waals surface area contributed by atoms with Crippen LogP contribution in [0.1, 0.15) is 19.3 Å². The topological polar surface area (TPSA) is 26.0 Å². The third kappa shape index (κ3) is 3.04. The summed E-state index contributed by atoms with van der Waals surface area (Å²) in [6.45, 7) is 0. The highest BCUT2D eigenvalue weighted by atomic mass is 35.5. The zero-order chi connectivity index (χ0) is 10.8. The summed E-state index contributed by atoms with van der Waals surface area (Å²) in [6, 6.07) is 5.95. The van der Waals surface area contributed by atoms with E-state index in [1.807, 2.05) is 18.2 Å². The fraction of sp³-hybridized carbons (Fsp3) is 0.455. The van der Waals surface area contributed by atoms with Crippen molar-refractivity contribution in [2.24, 2.45) is 5.73 Å². The van der Waals surface area contributed by atoms with Crippen LogP contribution in [0.15, 0.2) is 23.1 Å². The third-order valence-electron chi connectivity index (χ3n) is 2.61. The molecule has 1 fully saturated rings. The molecular weight excluding hydrogens is 249 g/mol. The van der Waals surface area contributed by atoms with Crippen LogP contribution in [0.5, 0.6) is 0 Å². The molecule has 0 amide bonds. The average molecular weight is 262 g/mol. The minimum atomic E-state index is 0.362. The normalized spacial score (nSPS) is 25.8. The maximum atomic E-state index is 6.10. The first-order valence-electron chi connectivity index (χ1n) is 5.02. The molecule has 1 aliphatic rings. The molecule has 82 valence electrons. The van der Waals surface area contributed by atoms with Gasteiger partial charge in [0.1, 0.15) is 0 Å². The van der Waals surface area contributed by atoms with E-state index < -0.39 is 0 Å². The number of benzene rings is 1. The Hall–Kier alpha value is 0.110. The Morgan fingerprint density at radius 2 is 2.07 bits per heavy atom. The Bertz CT molecular complexity index is 356. The van der Waals surface area contributed by atoms with E-state index in [1.165, 1.54) is 6.42 Å². The molecule has 0 saturated heterocycles. The van der Waals surface area contributed by atoms with Crippen molar-refractivity contribution in [3.63, 3.8) is 0 Å². The zero-order valence-corrected chi connectivity index (χ0v) is 10.6. The molecule has 1 aliphatic carbocycles. The van der Waals surface area contributed by atoms with Gasteiger partial charge < -0.3 is 5.73 Å². The van der Waals surface area contributed by atoms with E-state index >= 15 is 0 Å². The van der Waals surface area contributed by atoms with Gasteiger partial charge in [-0.2, -0.15) is 0 Å². The fourth-order valence-corrected chi connectivity index (χ4v) is 3.65. The number of rotatable bonds is 2. The highest BCUT2D eigenvalue weighted by Gasteiger charge is 2.23. The van der Waals surface area contributed by atoms with Crippen molar-refractivity contribution in [3.05, 3.63) is 28.2 Å². The largest absolute Gasteiger partial charge is 0.328 e. The summed E-state index contributed by atoms with van der Waals surface area (Å²) in [4.78, 5) is 1.07. The standard InChI is InChI=1S/C11H13Cl2NS/c12-7-1-4-10(13)11(5-7)15-9-3-2-8(14)6-9/h1,4-5,8-9H,2-3,6,14H2. The van der Waals surface area contributed by atoms with Crippen LogP contribution in [-0.2, 0) is 0 Å². The summed E-state index contributed by atoms with van der Waals surface area (Å²) >= 11 is 13.8. The molecule has 0 spiro atoms. The molecule has 4 heteroatoms. The first-order chi connectivity index (χ1) is 7.15. The number of nitrogens with two attached hydrogens (primary N) is 1. The number of halogens is 2. The first-order valence-corrected chi connectivity index (χ1v) is 6.66. The maximum Gasteiger partial charge on any atom is 0.0542 e. The molecule has 2 rings (SSSR count). The van der Waals surface area contributed by atoms with Crippen LogP contribution in [0.25, 0.3) is 0 Å². The van der Waals surface area contributed by atoms with Crippen LogP contribution in [0.4, 0.5) is 0 Å². The van der Waals surface area contributed by atoms with Crippen molar-refractivity contribution < 1.29 is 0 Å². The van der Waals surface area contributed by atoms with Gasteiger partial charge in [0.05, 0.1) is 5.02 Å². The van der Waals surface area contributed by atoms with Crippen LogP contribution in [-0.4, -0.2) is 11.3 Å². The van der Waals surface area contributed by atoms with Gasteiger partial charge in [-0.25, -0.2) is 0 Å². The molecule has 1 saturated carbocycles. The van der Waals surface area contributed by atoms with Gasteiger partial charge in [-0.3, -0.25) is 0 Å². The summed E-state index contributed by atoms with van der Waals surface area (Å²) in [5, 5.41) is 2.12. The second-order valence-corrected chi connectivity index (χ2v) is 6.07. The van der Waals surface area contributed by atoms with Gasteiger partial charge in [-0.15, -0.1) is 11.8 Å². The molecule has 15 heavy (non-hydrogen) atoms. The molecule has 1 nitrogen and oxygen atoms in total. The molecule has 1 aromatic carbocycles. The van der Waals surface area contributed by atoms with Crippen LogP contribution >= 0.6 is 35.0 Å². The monoisotopic (exact) mass is 261 g/mol. The van der Waals surface area contributed by atoms with E-state index in [1.54, 1.807) is 11.8 Å². The number of thioether (sulfide) groups is 1. The van der Waals surface area contributed by atoms with Crippen molar-refractivity contribution in [1.29, 1.82) is 0 Å². The average Bonchev–Trinajstić information content (AvgIpc) is 2.58. The predicted octanol–water partition coefficient (Wildman–Crippen LogP) is 3.97. The third-order valence-corrected chi connectivity index (χ3v) is 4.64. The number of hydrogen-bond acceptors (Lipinski definition) is 2. The van der Waals surface area contributed by atoms with Gasteiger partial charge in [0.15, 0.2) is 0 Å². The SMILES string of the molecule is NC1CCC(Sc2cc(Cl)ccc2Cl)C1. The van der Waals surface area contributed by atoms with Crippen LogP contribution < -0.4 is 5.73 Å². The molecule has 2 atom stereocenters. The smallest absolute Gasteiger partial charge is 0.0542 e. The summed E-state index contributed by atoms with van der Waals surface area (Å²) in [5.41, 5.74) is 5.87. The van der Waals surface area contributed by atoms with E-state index in [2.05, 4.69) is 0 Å². The fourth-order valence-electron chi connectivity index (χ4n) is 1.83. The Kier molecular flexibility index (Phi) is 3.83. The molecule has 0 radical (unpaired) electrons. The summed E-state index contributed by atoms with van der Waals surface area (Å²) in [6.07, 6.45) is 3.37. The highest BCUT2D eigenvalue weighted by molar-refractivity contribution is 8.00. The predicted molar refractivity (Wildman–Crippen MR) is 67.9 cm³/mol. The summed E-state index contributed by atoms with van der Waals surface area (Å²) < 4.78 is 0. The zero-order valence-electron chi connectivity index (χ0n) is 8.25. The second kappa shape index (κ2) is 4.96. The number of hydrogen-bond donors (Lipinski definition) is 1.